The number of fused-ring (bicyclic) bond motifs is 1. The summed E-state index contributed by atoms with van der Waals surface area (Å²) < 4.78 is 10.7. The van der Waals surface area contributed by atoms with Gasteiger partial charge in [0.1, 0.15) is 6.04 Å². The van der Waals surface area contributed by atoms with Gasteiger partial charge in [-0.3, -0.25) is 20.1 Å². The number of rotatable bonds is 5. The Balaban J connectivity index is 1.88. The van der Waals surface area contributed by atoms with Gasteiger partial charge < -0.3 is 14.4 Å². The number of amidine groups is 1. The Labute approximate surface area is 166 Å². The monoisotopic (exact) mass is 400 g/mol. The Hall–Kier alpha value is -2.81. The van der Waals surface area contributed by atoms with Crippen LogP contribution in [0.5, 0.6) is 11.5 Å². The summed E-state index contributed by atoms with van der Waals surface area (Å²) in [6.07, 6.45) is 1.72. The normalized spacial score (nSPS) is 23.3. The van der Waals surface area contributed by atoms with Gasteiger partial charge in [0, 0.05) is 18.0 Å². The van der Waals surface area contributed by atoms with Gasteiger partial charge >= 0.3 is 0 Å². The molecule has 9 heteroatoms. The lowest BCUT2D eigenvalue weighted by atomic mass is 9.94. The second-order valence-corrected chi connectivity index (χ2v) is 8.07. The largest absolute Gasteiger partial charge is 0.493 e. The summed E-state index contributed by atoms with van der Waals surface area (Å²) in [5.41, 5.74) is 1.32. The van der Waals surface area contributed by atoms with Crippen molar-refractivity contribution < 1.29 is 14.4 Å². The van der Waals surface area contributed by atoms with E-state index in [0.717, 1.165) is 17.4 Å². The molecule has 1 aromatic carbocycles. The van der Waals surface area contributed by atoms with Crippen molar-refractivity contribution in [2.75, 3.05) is 20.8 Å². The van der Waals surface area contributed by atoms with Crippen molar-refractivity contribution >= 4 is 22.6 Å². The molecule has 2 aliphatic rings. The minimum Gasteiger partial charge on any atom is -0.493 e. The van der Waals surface area contributed by atoms with Crippen LogP contribution in [0.3, 0.4) is 0 Å². The molecule has 0 bridgehead atoms. The van der Waals surface area contributed by atoms with E-state index in [1.54, 1.807) is 24.0 Å². The quantitative estimate of drug-likeness (QED) is 0.559. The number of hydrogen-bond donors (Lipinski definition) is 0. The lowest BCUT2D eigenvalue weighted by molar-refractivity contribution is -0.386. The summed E-state index contributed by atoms with van der Waals surface area (Å²) in [6.45, 7) is 2.89. The Morgan fingerprint density at radius 1 is 1.25 bits per heavy atom. The van der Waals surface area contributed by atoms with Crippen LogP contribution in [0.25, 0.3) is 0 Å². The molecule has 0 radical (unpaired) electrons. The molecule has 3 heterocycles. The fraction of sp³-hybridized carbons (Fsp3) is 0.368. The van der Waals surface area contributed by atoms with E-state index in [9.17, 15) is 10.1 Å². The average Bonchev–Trinajstić information content (AvgIpc) is 3.23. The number of pyridine rings is 1. The number of ether oxygens (including phenoxy) is 2. The summed E-state index contributed by atoms with van der Waals surface area (Å²) in [5, 5.41) is 13.1. The Morgan fingerprint density at radius 2 is 2.00 bits per heavy atom. The summed E-state index contributed by atoms with van der Waals surface area (Å²) in [7, 11) is 2.99. The van der Waals surface area contributed by atoms with Crippen molar-refractivity contribution in [2.24, 2.45) is 4.99 Å². The van der Waals surface area contributed by atoms with Gasteiger partial charge in [-0.25, -0.2) is 0 Å². The SMILES string of the molecule is COc1cc([C@@H]2[C@@H](c3ccccn3)N=C3S[C@@H](C)CN32)c([N+](=O)[O-])cc1OC. The van der Waals surface area contributed by atoms with Crippen molar-refractivity contribution in [3.63, 3.8) is 0 Å². The molecule has 1 aromatic heterocycles. The molecule has 0 amide bonds. The molecule has 8 nitrogen and oxygen atoms in total. The predicted octanol–water partition coefficient (Wildman–Crippen LogP) is 3.60. The number of nitro benzene ring substituents is 1. The van der Waals surface area contributed by atoms with Crippen LogP contribution in [0.1, 0.15) is 30.3 Å². The molecule has 0 aliphatic carbocycles. The zero-order valence-electron chi connectivity index (χ0n) is 15.7. The summed E-state index contributed by atoms with van der Waals surface area (Å²) in [4.78, 5) is 23.0. The van der Waals surface area contributed by atoms with E-state index >= 15 is 0 Å². The van der Waals surface area contributed by atoms with E-state index in [4.69, 9.17) is 14.5 Å². The Kier molecular flexibility index (Phi) is 4.84. The maximum absolute atomic E-state index is 11.9. The smallest absolute Gasteiger partial charge is 0.278 e. The lowest BCUT2D eigenvalue weighted by Crippen LogP contribution is -2.29. The highest BCUT2D eigenvalue weighted by Gasteiger charge is 2.46. The van der Waals surface area contributed by atoms with Crippen LogP contribution in [-0.2, 0) is 0 Å². The van der Waals surface area contributed by atoms with Crippen molar-refractivity contribution in [2.45, 2.75) is 24.3 Å². The number of hydrogen-bond acceptors (Lipinski definition) is 8. The summed E-state index contributed by atoms with van der Waals surface area (Å²) in [5.74, 6) is 0.784. The molecule has 4 rings (SSSR count). The van der Waals surface area contributed by atoms with E-state index in [-0.39, 0.29) is 22.7 Å². The highest BCUT2D eigenvalue weighted by atomic mass is 32.2. The minimum absolute atomic E-state index is 0.00964. The molecular weight excluding hydrogens is 380 g/mol. The number of aliphatic imine (C=N–C) groups is 1. The summed E-state index contributed by atoms with van der Waals surface area (Å²) in [6, 6.07) is 8.12. The Morgan fingerprint density at radius 3 is 2.64 bits per heavy atom. The first-order chi connectivity index (χ1) is 13.5. The van der Waals surface area contributed by atoms with E-state index < -0.39 is 0 Å². The van der Waals surface area contributed by atoms with Crippen LogP contribution >= 0.6 is 11.8 Å². The average molecular weight is 400 g/mol. The molecule has 1 saturated heterocycles. The van der Waals surface area contributed by atoms with Gasteiger partial charge in [-0.2, -0.15) is 0 Å². The van der Waals surface area contributed by atoms with Crippen LogP contribution in [0, 0.1) is 10.1 Å². The maximum Gasteiger partial charge on any atom is 0.278 e. The number of methoxy groups -OCH3 is 2. The van der Waals surface area contributed by atoms with Crippen LogP contribution in [0.4, 0.5) is 5.69 Å². The van der Waals surface area contributed by atoms with Crippen LogP contribution in [0.2, 0.25) is 0 Å². The fourth-order valence-corrected chi connectivity index (χ4v) is 4.83. The molecule has 3 atom stereocenters. The molecule has 2 aliphatic heterocycles. The summed E-state index contributed by atoms with van der Waals surface area (Å²) >= 11 is 1.69. The number of benzene rings is 1. The highest BCUT2D eigenvalue weighted by Crippen LogP contribution is 2.51. The molecule has 0 spiro atoms. The number of nitrogens with zero attached hydrogens (tertiary/aromatic N) is 4. The topological polar surface area (TPSA) is 90.1 Å². The minimum atomic E-state index is -0.378. The predicted molar refractivity (Wildman–Crippen MR) is 107 cm³/mol. The van der Waals surface area contributed by atoms with Crippen molar-refractivity contribution in [1.82, 2.24) is 9.88 Å². The second-order valence-electron chi connectivity index (χ2n) is 6.66. The van der Waals surface area contributed by atoms with Crippen LogP contribution < -0.4 is 9.47 Å². The number of thioether (sulfide) groups is 1. The molecule has 0 N–H and O–H groups in total. The molecule has 0 unspecified atom stereocenters. The van der Waals surface area contributed by atoms with E-state index in [2.05, 4.69) is 16.8 Å². The van der Waals surface area contributed by atoms with Crippen LogP contribution in [0.15, 0.2) is 41.5 Å². The standard InChI is InChI=1S/C19H20N4O4S/c1-11-10-22-18(17(21-19(22)28-11)13-6-4-5-7-20-13)12-8-15(26-2)16(27-3)9-14(12)23(24)25/h4-9,11,17-18H,10H2,1-3H3/t11-,17+,18+/m0/s1. The van der Waals surface area contributed by atoms with Crippen LogP contribution in [-0.4, -0.2) is 46.0 Å². The third-order valence-electron chi connectivity index (χ3n) is 4.93. The van der Waals surface area contributed by atoms with E-state index in [0.29, 0.717) is 22.3 Å². The zero-order valence-corrected chi connectivity index (χ0v) is 16.5. The zero-order chi connectivity index (χ0) is 19.8. The second kappa shape index (κ2) is 7.31. The molecule has 2 aromatic rings. The third-order valence-corrected chi connectivity index (χ3v) is 6.03. The molecule has 28 heavy (non-hydrogen) atoms. The Bertz CT molecular complexity index is 937. The van der Waals surface area contributed by atoms with E-state index in [1.807, 2.05) is 18.2 Å². The van der Waals surface area contributed by atoms with Crippen molar-refractivity contribution in [1.29, 1.82) is 0 Å². The molecular formula is C19H20N4O4S. The van der Waals surface area contributed by atoms with Crippen molar-refractivity contribution in [3.8, 4) is 11.5 Å². The third kappa shape index (κ3) is 3.05. The van der Waals surface area contributed by atoms with Gasteiger partial charge in [0.2, 0.25) is 0 Å². The van der Waals surface area contributed by atoms with Gasteiger partial charge in [-0.15, -0.1) is 0 Å². The first-order valence-corrected chi connectivity index (χ1v) is 9.73. The fourth-order valence-electron chi connectivity index (χ4n) is 3.73. The first-order valence-electron chi connectivity index (χ1n) is 8.85. The molecule has 0 saturated carbocycles. The number of nitro groups is 1. The maximum atomic E-state index is 11.9. The first kappa shape index (κ1) is 18.5. The lowest BCUT2D eigenvalue weighted by Gasteiger charge is -2.27. The van der Waals surface area contributed by atoms with Gasteiger partial charge in [0.05, 0.1) is 42.5 Å². The number of aromatic nitrogens is 1. The van der Waals surface area contributed by atoms with E-state index in [1.165, 1.54) is 20.3 Å². The van der Waals surface area contributed by atoms with Gasteiger partial charge in [-0.05, 0) is 18.2 Å². The highest BCUT2D eigenvalue weighted by molar-refractivity contribution is 8.14. The van der Waals surface area contributed by atoms with Gasteiger partial charge in [-0.1, -0.05) is 24.8 Å². The van der Waals surface area contributed by atoms with Gasteiger partial charge in [0.25, 0.3) is 5.69 Å². The molecule has 1 fully saturated rings. The van der Waals surface area contributed by atoms with Gasteiger partial charge in [0.15, 0.2) is 16.7 Å². The van der Waals surface area contributed by atoms with Crippen molar-refractivity contribution in [3.05, 3.63) is 57.9 Å². The molecule has 146 valence electrons.